The van der Waals surface area contributed by atoms with Crippen LogP contribution in [-0.2, 0) is 20.7 Å². The first-order chi connectivity index (χ1) is 19.1. The molecule has 1 fully saturated rings. The van der Waals surface area contributed by atoms with E-state index in [1.54, 1.807) is 0 Å². The van der Waals surface area contributed by atoms with Gasteiger partial charge in [-0.15, -0.1) is 0 Å². The lowest BCUT2D eigenvalue weighted by Gasteiger charge is -2.35. The highest BCUT2D eigenvalue weighted by atomic mass is 19.1. The van der Waals surface area contributed by atoms with Gasteiger partial charge in [0.15, 0.2) is 0 Å². The fourth-order valence-corrected chi connectivity index (χ4v) is 4.65. The van der Waals surface area contributed by atoms with Crippen LogP contribution in [0.15, 0.2) is 54.9 Å². The average molecular weight is 560 g/mol. The number of morpholine rings is 1. The second-order valence-corrected chi connectivity index (χ2v) is 9.34. The molecule has 12 heteroatoms. The van der Waals surface area contributed by atoms with Crippen LogP contribution in [0.5, 0.6) is 0 Å². The molecule has 2 amide bonds. The number of aldehydes is 1. The molecule has 2 aromatic carbocycles. The van der Waals surface area contributed by atoms with E-state index in [4.69, 9.17) is 4.74 Å². The predicted octanol–water partition coefficient (Wildman–Crippen LogP) is 4.68. The van der Waals surface area contributed by atoms with Gasteiger partial charge in [-0.3, -0.25) is 14.7 Å². The zero-order valence-corrected chi connectivity index (χ0v) is 21.0. The summed E-state index contributed by atoms with van der Waals surface area (Å²) in [5, 5.41) is 11.9. The van der Waals surface area contributed by atoms with Crippen molar-refractivity contribution in [3.05, 3.63) is 94.8 Å². The van der Waals surface area contributed by atoms with E-state index in [2.05, 4.69) is 10.3 Å². The lowest BCUT2D eigenvalue weighted by atomic mass is 9.88. The molecule has 1 aliphatic rings. The Bertz CT molecular complexity index is 1370. The van der Waals surface area contributed by atoms with Gasteiger partial charge in [-0.1, -0.05) is 12.1 Å². The number of carboxylic acid groups (broad SMARTS) is 1. The number of nitrogens with zero attached hydrogens (tertiary/aromatic N) is 2. The van der Waals surface area contributed by atoms with Crippen LogP contribution in [0.3, 0.4) is 0 Å². The predicted molar refractivity (Wildman–Crippen MR) is 135 cm³/mol. The number of anilines is 1. The lowest BCUT2D eigenvalue weighted by molar-refractivity contribution is -0.121. The molecule has 0 radical (unpaired) electrons. The molecule has 3 aromatic rings. The third-order valence-corrected chi connectivity index (χ3v) is 6.65. The van der Waals surface area contributed by atoms with Gasteiger partial charge in [-0.25, -0.2) is 22.4 Å². The average Bonchev–Trinajstić information content (AvgIpc) is 2.91. The smallest absolute Gasteiger partial charge is 0.408 e. The molecule has 1 aromatic heterocycles. The van der Waals surface area contributed by atoms with Crippen molar-refractivity contribution >= 4 is 24.0 Å². The standard InChI is InChI=1S/C28H25F4N3O5/c29-18-3-1-16(2-4-18)24(17-7-19(30)9-20(31)8-17)10-27(37)34-26-12-33-11-25(32)23(26)6-5-22-13-35(28(38)39)21(14-36)15-40-22/h1-4,7-9,11-12,14,21-22,24H,5-6,10,13,15H2,(H,34,37)(H,38,39)/t21?,22?,24-/m0/s1. The number of ether oxygens (including phenoxy) is 1. The van der Waals surface area contributed by atoms with Crippen molar-refractivity contribution in [1.29, 1.82) is 0 Å². The van der Waals surface area contributed by atoms with E-state index in [1.807, 2.05) is 0 Å². The molecular formula is C28H25F4N3O5. The lowest BCUT2D eigenvalue weighted by Crippen LogP contribution is -2.52. The molecule has 1 aliphatic heterocycles. The molecule has 2 N–H and O–H groups in total. The van der Waals surface area contributed by atoms with E-state index < -0.39 is 53.3 Å². The molecule has 210 valence electrons. The van der Waals surface area contributed by atoms with Crippen LogP contribution in [0.2, 0.25) is 0 Å². The van der Waals surface area contributed by atoms with Gasteiger partial charge in [0.1, 0.15) is 35.6 Å². The van der Waals surface area contributed by atoms with Gasteiger partial charge in [-0.05, 0) is 48.2 Å². The number of hydrogen-bond donors (Lipinski definition) is 2. The second kappa shape index (κ2) is 12.7. The Morgan fingerprint density at radius 3 is 2.40 bits per heavy atom. The van der Waals surface area contributed by atoms with Gasteiger partial charge in [0.25, 0.3) is 0 Å². The minimum absolute atomic E-state index is 0.0460. The van der Waals surface area contributed by atoms with Crippen LogP contribution in [-0.4, -0.2) is 58.6 Å². The molecule has 8 nitrogen and oxygen atoms in total. The summed E-state index contributed by atoms with van der Waals surface area (Å²) in [5.74, 6) is -4.39. The first-order valence-electron chi connectivity index (χ1n) is 12.3. The van der Waals surface area contributed by atoms with Crippen molar-refractivity contribution in [2.75, 3.05) is 18.5 Å². The number of benzene rings is 2. The van der Waals surface area contributed by atoms with Crippen LogP contribution in [0, 0.1) is 23.3 Å². The van der Waals surface area contributed by atoms with Crippen molar-refractivity contribution in [3.8, 4) is 0 Å². The third kappa shape index (κ3) is 7.00. The number of nitrogens with one attached hydrogen (secondary N) is 1. The topological polar surface area (TPSA) is 109 Å². The number of rotatable bonds is 9. The van der Waals surface area contributed by atoms with E-state index in [-0.39, 0.29) is 49.2 Å². The zero-order chi connectivity index (χ0) is 28.8. The molecule has 4 rings (SSSR count). The van der Waals surface area contributed by atoms with Crippen molar-refractivity contribution in [2.24, 2.45) is 0 Å². The molecule has 2 heterocycles. The zero-order valence-electron chi connectivity index (χ0n) is 21.0. The van der Waals surface area contributed by atoms with Crippen LogP contribution < -0.4 is 5.32 Å². The number of pyridine rings is 1. The summed E-state index contributed by atoms with van der Waals surface area (Å²) >= 11 is 0. The Balaban J connectivity index is 1.50. The van der Waals surface area contributed by atoms with E-state index in [0.717, 1.165) is 23.2 Å². The molecule has 2 unspecified atom stereocenters. The van der Waals surface area contributed by atoms with Crippen molar-refractivity contribution in [3.63, 3.8) is 0 Å². The number of amides is 2. The summed E-state index contributed by atoms with van der Waals surface area (Å²) in [5.41, 5.74) is 0.750. The Kier molecular flexibility index (Phi) is 9.10. The maximum atomic E-state index is 14.8. The molecule has 1 saturated heterocycles. The van der Waals surface area contributed by atoms with E-state index in [1.165, 1.54) is 30.5 Å². The summed E-state index contributed by atoms with van der Waals surface area (Å²) in [6.07, 6.45) is 0.726. The maximum absolute atomic E-state index is 14.8. The van der Waals surface area contributed by atoms with Crippen LogP contribution in [0.4, 0.5) is 28.0 Å². The Morgan fingerprint density at radius 1 is 1.05 bits per heavy atom. The van der Waals surface area contributed by atoms with Gasteiger partial charge in [0.2, 0.25) is 5.91 Å². The first-order valence-corrected chi connectivity index (χ1v) is 12.3. The summed E-state index contributed by atoms with van der Waals surface area (Å²) in [6, 6.07) is 7.08. The first kappa shape index (κ1) is 28.7. The quantitative estimate of drug-likeness (QED) is 0.291. The molecule has 3 atom stereocenters. The minimum atomic E-state index is -1.28. The Labute approximate surface area is 226 Å². The number of carbonyl (C=O) groups excluding carboxylic acids is 2. The van der Waals surface area contributed by atoms with Gasteiger partial charge in [-0.2, -0.15) is 0 Å². The highest BCUT2D eigenvalue weighted by Gasteiger charge is 2.32. The van der Waals surface area contributed by atoms with Crippen LogP contribution in [0.25, 0.3) is 0 Å². The number of aromatic nitrogens is 1. The Morgan fingerprint density at radius 2 is 1.75 bits per heavy atom. The third-order valence-electron chi connectivity index (χ3n) is 6.65. The van der Waals surface area contributed by atoms with Gasteiger partial charge >= 0.3 is 6.09 Å². The summed E-state index contributed by atoms with van der Waals surface area (Å²) in [7, 11) is 0. The number of halogens is 4. The normalized spacial score (nSPS) is 17.8. The molecular weight excluding hydrogens is 534 g/mol. The Hall–Kier alpha value is -4.32. The number of hydrogen-bond acceptors (Lipinski definition) is 5. The summed E-state index contributed by atoms with van der Waals surface area (Å²) < 4.78 is 61.8. The van der Waals surface area contributed by atoms with Gasteiger partial charge < -0.3 is 20.0 Å². The van der Waals surface area contributed by atoms with Gasteiger partial charge in [0.05, 0.1) is 37.3 Å². The summed E-state index contributed by atoms with van der Waals surface area (Å²) in [4.78, 5) is 40.4. The van der Waals surface area contributed by atoms with Crippen LogP contribution in [0.1, 0.15) is 35.4 Å². The van der Waals surface area contributed by atoms with E-state index in [0.29, 0.717) is 17.9 Å². The van der Waals surface area contributed by atoms with E-state index >= 15 is 0 Å². The van der Waals surface area contributed by atoms with Crippen molar-refractivity contribution in [1.82, 2.24) is 9.88 Å². The molecule has 0 spiro atoms. The highest BCUT2D eigenvalue weighted by Crippen LogP contribution is 2.31. The summed E-state index contributed by atoms with van der Waals surface area (Å²) in [6.45, 7) is -0.217. The molecule has 40 heavy (non-hydrogen) atoms. The second-order valence-electron chi connectivity index (χ2n) is 9.34. The number of carbonyl (C=O) groups is 3. The minimum Gasteiger partial charge on any atom is -0.465 e. The fourth-order valence-electron chi connectivity index (χ4n) is 4.65. The molecule has 0 bridgehead atoms. The fraction of sp³-hybridized carbons (Fsp3) is 0.286. The highest BCUT2D eigenvalue weighted by molar-refractivity contribution is 5.92. The molecule has 0 aliphatic carbocycles. The molecule has 0 saturated carbocycles. The van der Waals surface area contributed by atoms with E-state index in [9.17, 15) is 37.1 Å². The SMILES string of the molecule is O=CC1COC(CCc2c(F)cncc2NC(=O)C[C@@H](c2ccc(F)cc2)c2cc(F)cc(F)c2)CN1C(=O)O. The van der Waals surface area contributed by atoms with Crippen molar-refractivity contribution in [2.45, 2.75) is 37.3 Å². The largest absolute Gasteiger partial charge is 0.465 e. The van der Waals surface area contributed by atoms with Crippen LogP contribution >= 0.6 is 0 Å². The van der Waals surface area contributed by atoms with Gasteiger partial charge in [0, 0.05) is 24.0 Å². The monoisotopic (exact) mass is 559 g/mol. The van der Waals surface area contributed by atoms with Crippen molar-refractivity contribution < 1.29 is 41.8 Å². The maximum Gasteiger partial charge on any atom is 0.408 e.